The van der Waals surface area contributed by atoms with Gasteiger partial charge in [0, 0.05) is 31.6 Å². The van der Waals surface area contributed by atoms with E-state index in [4.69, 9.17) is 35.2 Å². The molecule has 1 amide bonds. The first-order valence-corrected chi connectivity index (χ1v) is 13.2. The molecule has 190 valence electrons. The molecule has 0 bridgehead atoms. The van der Waals surface area contributed by atoms with Gasteiger partial charge in [-0.15, -0.1) is 0 Å². The van der Waals surface area contributed by atoms with Crippen molar-refractivity contribution in [2.45, 2.75) is 13.3 Å². The molecule has 1 saturated heterocycles. The summed E-state index contributed by atoms with van der Waals surface area (Å²) in [5.74, 6) is 1.21. The van der Waals surface area contributed by atoms with Crippen LogP contribution in [0, 0.1) is 0 Å². The molecule has 1 aliphatic heterocycles. The van der Waals surface area contributed by atoms with Crippen LogP contribution in [-0.4, -0.2) is 68.9 Å². The number of carbonyl (C=O) groups is 1. The van der Waals surface area contributed by atoms with E-state index in [0.717, 1.165) is 49.4 Å². The zero-order valence-electron chi connectivity index (χ0n) is 20.3. The van der Waals surface area contributed by atoms with Crippen molar-refractivity contribution < 1.29 is 23.4 Å². The van der Waals surface area contributed by atoms with E-state index >= 15 is 0 Å². The van der Waals surface area contributed by atoms with Gasteiger partial charge in [0.25, 0.3) is 5.91 Å². The Balaban J connectivity index is 1.48. The van der Waals surface area contributed by atoms with Crippen molar-refractivity contribution in [2.75, 3.05) is 58.0 Å². The molecule has 2 aromatic carbocycles. The van der Waals surface area contributed by atoms with Crippen LogP contribution in [0.2, 0.25) is 5.02 Å². The molecule has 0 atom stereocenters. The third-order valence-electron chi connectivity index (χ3n) is 6.12. The monoisotopic (exact) mass is 529 g/mol. The smallest absolute Gasteiger partial charge is 0.295 e. The summed E-state index contributed by atoms with van der Waals surface area (Å²) in [5.41, 5.74) is 1.20. The topological polar surface area (TPSA) is 77.3 Å². The first-order chi connectivity index (χ1) is 17.6. The van der Waals surface area contributed by atoms with Crippen LogP contribution < -0.4 is 14.4 Å². The minimum absolute atomic E-state index is 0.237. The van der Waals surface area contributed by atoms with Gasteiger partial charge in [0.2, 0.25) is 0 Å². The van der Waals surface area contributed by atoms with E-state index in [1.807, 2.05) is 25.1 Å². The molecule has 1 fully saturated rings. The lowest BCUT2D eigenvalue weighted by Crippen LogP contribution is -2.39. The minimum Gasteiger partial charge on any atom is -0.494 e. The van der Waals surface area contributed by atoms with Crippen LogP contribution in [0.25, 0.3) is 21.2 Å². The number of methoxy groups -OCH3 is 1. The van der Waals surface area contributed by atoms with E-state index in [1.165, 1.54) is 11.3 Å². The molecule has 0 radical (unpaired) electrons. The summed E-state index contributed by atoms with van der Waals surface area (Å²) in [4.78, 5) is 22.6. The van der Waals surface area contributed by atoms with Crippen LogP contribution in [-0.2, 0) is 4.74 Å². The highest BCUT2D eigenvalue weighted by Gasteiger charge is 2.26. The molecule has 36 heavy (non-hydrogen) atoms. The van der Waals surface area contributed by atoms with Crippen molar-refractivity contribution in [3.8, 4) is 11.5 Å². The zero-order chi connectivity index (χ0) is 25.1. The maximum Gasteiger partial charge on any atom is 0.295 e. The standard InChI is InChI=1S/C26H28ClN3O5S/c1-3-34-20-7-4-6-17-16-21(35-23(17)20)25(31)30(11-5-10-29-12-14-33-15-13-29)26-28-22-19(32-2)9-8-18(27)24(22)36-26/h4,6-9,16H,3,5,10-15H2,1-2H3. The average molecular weight is 530 g/mol. The lowest BCUT2D eigenvalue weighted by Gasteiger charge is -2.27. The number of para-hydroxylation sites is 1. The highest BCUT2D eigenvalue weighted by molar-refractivity contribution is 7.23. The van der Waals surface area contributed by atoms with Gasteiger partial charge in [-0.3, -0.25) is 14.6 Å². The number of anilines is 1. The van der Waals surface area contributed by atoms with Crippen molar-refractivity contribution in [3.63, 3.8) is 0 Å². The average Bonchev–Trinajstić information content (AvgIpc) is 3.54. The Morgan fingerprint density at radius 2 is 2.06 bits per heavy atom. The summed E-state index contributed by atoms with van der Waals surface area (Å²) in [7, 11) is 1.59. The molecule has 0 aliphatic carbocycles. The number of halogens is 1. The van der Waals surface area contributed by atoms with Crippen molar-refractivity contribution in [3.05, 3.63) is 47.2 Å². The Morgan fingerprint density at radius 3 is 2.83 bits per heavy atom. The number of hydrogen-bond donors (Lipinski definition) is 0. The van der Waals surface area contributed by atoms with Crippen LogP contribution >= 0.6 is 22.9 Å². The number of nitrogens with zero attached hydrogens (tertiary/aromatic N) is 3. The number of aromatic nitrogens is 1. The number of hydrogen-bond acceptors (Lipinski definition) is 8. The molecular formula is C26H28ClN3O5S. The summed E-state index contributed by atoms with van der Waals surface area (Å²) in [5, 5.41) is 1.93. The number of amides is 1. The summed E-state index contributed by atoms with van der Waals surface area (Å²) >= 11 is 7.84. The number of fused-ring (bicyclic) bond motifs is 2. The first-order valence-electron chi connectivity index (χ1n) is 12.0. The largest absolute Gasteiger partial charge is 0.494 e. The number of benzene rings is 2. The third-order valence-corrected chi connectivity index (χ3v) is 7.66. The van der Waals surface area contributed by atoms with Gasteiger partial charge < -0.3 is 18.6 Å². The molecule has 1 aliphatic rings. The van der Waals surface area contributed by atoms with Gasteiger partial charge >= 0.3 is 0 Å². The predicted octanol–water partition coefficient (Wildman–Crippen LogP) is 5.47. The maximum atomic E-state index is 13.8. The molecule has 0 saturated carbocycles. The van der Waals surface area contributed by atoms with E-state index in [2.05, 4.69) is 4.90 Å². The van der Waals surface area contributed by atoms with Crippen molar-refractivity contribution in [1.82, 2.24) is 9.88 Å². The molecule has 3 heterocycles. The molecule has 0 N–H and O–H groups in total. The molecule has 8 nitrogen and oxygen atoms in total. The van der Waals surface area contributed by atoms with Gasteiger partial charge in [-0.1, -0.05) is 35.1 Å². The summed E-state index contributed by atoms with van der Waals surface area (Å²) in [6.07, 6.45) is 0.775. The van der Waals surface area contributed by atoms with Crippen LogP contribution in [0.4, 0.5) is 5.13 Å². The molecule has 2 aromatic heterocycles. The lowest BCUT2D eigenvalue weighted by molar-refractivity contribution is 0.0376. The van der Waals surface area contributed by atoms with E-state index in [-0.39, 0.29) is 11.7 Å². The highest BCUT2D eigenvalue weighted by Crippen LogP contribution is 2.39. The number of carbonyl (C=O) groups excluding carboxylic acids is 1. The van der Waals surface area contributed by atoms with Crippen LogP contribution in [0.15, 0.2) is 40.8 Å². The van der Waals surface area contributed by atoms with E-state index < -0.39 is 0 Å². The predicted molar refractivity (Wildman–Crippen MR) is 142 cm³/mol. The summed E-state index contributed by atoms with van der Waals surface area (Å²) in [6.45, 7) is 7.01. The molecule has 10 heteroatoms. The molecule has 5 rings (SSSR count). The number of thiazole rings is 1. The Kier molecular flexibility index (Phi) is 7.62. The maximum absolute atomic E-state index is 13.8. The fourth-order valence-corrected chi connectivity index (χ4v) is 5.61. The van der Waals surface area contributed by atoms with Crippen molar-refractivity contribution >= 4 is 55.2 Å². The van der Waals surface area contributed by atoms with Crippen LogP contribution in [0.5, 0.6) is 11.5 Å². The number of ether oxygens (including phenoxy) is 3. The Bertz CT molecular complexity index is 1360. The van der Waals surface area contributed by atoms with Gasteiger partial charge in [0.05, 0.1) is 36.7 Å². The number of furan rings is 1. The Labute approximate surface area is 218 Å². The fraction of sp³-hybridized carbons (Fsp3) is 0.385. The normalized spacial score (nSPS) is 14.4. The second-order valence-electron chi connectivity index (χ2n) is 8.41. The molecule has 0 unspecified atom stereocenters. The van der Waals surface area contributed by atoms with Gasteiger partial charge in [-0.25, -0.2) is 4.98 Å². The first kappa shape index (κ1) is 24.8. The van der Waals surface area contributed by atoms with Gasteiger partial charge in [-0.2, -0.15) is 0 Å². The lowest BCUT2D eigenvalue weighted by atomic mass is 10.2. The number of rotatable bonds is 9. The van der Waals surface area contributed by atoms with Gasteiger partial charge in [-0.05, 0) is 37.6 Å². The van der Waals surface area contributed by atoms with Crippen molar-refractivity contribution in [1.29, 1.82) is 0 Å². The second kappa shape index (κ2) is 11.0. The molecule has 4 aromatic rings. The quantitative estimate of drug-likeness (QED) is 0.284. The van der Waals surface area contributed by atoms with E-state index in [1.54, 1.807) is 30.2 Å². The summed E-state index contributed by atoms with van der Waals surface area (Å²) < 4.78 is 23.5. The zero-order valence-corrected chi connectivity index (χ0v) is 21.9. The SMILES string of the molecule is CCOc1cccc2cc(C(=O)N(CCCN3CCOCC3)c3nc4c(OC)ccc(Cl)c4s3)oc12. The molecule has 0 spiro atoms. The Hall–Kier alpha value is -2.85. The fourth-order valence-electron chi connectivity index (χ4n) is 4.33. The second-order valence-corrected chi connectivity index (χ2v) is 9.79. The molecular weight excluding hydrogens is 502 g/mol. The van der Waals surface area contributed by atoms with Crippen molar-refractivity contribution in [2.24, 2.45) is 0 Å². The van der Waals surface area contributed by atoms with Crippen LogP contribution in [0.3, 0.4) is 0 Å². The van der Waals surface area contributed by atoms with E-state index in [0.29, 0.717) is 45.9 Å². The van der Waals surface area contributed by atoms with Crippen LogP contribution in [0.1, 0.15) is 23.9 Å². The third kappa shape index (κ3) is 5.01. The Morgan fingerprint density at radius 1 is 1.22 bits per heavy atom. The summed E-state index contributed by atoms with van der Waals surface area (Å²) in [6, 6.07) is 11.0. The van der Waals surface area contributed by atoms with Gasteiger partial charge in [0.15, 0.2) is 22.2 Å². The minimum atomic E-state index is -0.259. The highest BCUT2D eigenvalue weighted by atomic mass is 35.5. The van der Waals surface area contributed by atoms with E-state index in [9.17, 15) is 4.79 Å². The van der Waals surface area contributed by atoms with Gasteiger partial charge in [0.1, 0.15) is 11.3 Å². The number of morpholine rings is 1.